The molecular weight excluding hydrogens is 249 g/mol. The Hall–Kier alpha value is -2.76. The first-order chi connectivity index (χ1) is 9.16. The first-order valence-electron chi connectivity index (χ1n) is 5.43. The molecule has 0 aliphatic rings. The van der Waals surface area contributed by atoms with E-state index in [0.717, 1.165) is 0 Å². The average Bonchev–Trinajstić information content (AvgIpc) is 2.46. The largest absolute Gasteiger partial charge is 0.269 e. The number of carbonyl (C=O) groups excluding carboxylic acids is 2. The van der Waals surface area contributed by atoms with Gasteiger partial charge in [0.15, 0.2) is 0 Å². The molecule has 1 aromatic carbocycles. The quantitative estimate of drug-likeness (QED) is 0.798. The van der Waals surface area contributed by atoms with E-state index in [9.17, 15) is 14.0 Å². The number of halogens is 1. The zero-order valence-electron chi connectivity index (χ0n) is 9.76. The fraction of sp³-hybridized carbons (Fsp3) is 0. The highest BCUT2D eigenvalue weighted by Crippen LogP contribution is 2.02. The van der Waals surface area contributed by atoms with Crippen LogP contribution >= 0.6 is 0 Å². The van der Waals surface area contributed by atoms with Crippen molar-refractivity contribution < 1.29 is 14.0 Å². The molecule has 0 aliphatic heterocycles. The molecule has 2 amide bonds. The van der Waals surface area contributed by atoms with E-state index in [-0.39, 0.29) is 5.56 Å². The Labute approximate surface area is 108 Å². The zero-order valence-corrected chi connectivity index (χ0v) is 9.76. The van der Waals surface area contributed by atoms with E-state index in [2.05, 4.69) is 15.8 Å². The Morgan fingerprint density at radius 3 is 1.84 bits per heavy atom. The smallest absolute Gasteiger partial charge is 0.267 e. The predicted molar refractivity (Wildman–Crippen MR) is 65.6 cm³/mol. The molecule has 1 aromatic heterocycles. The van der Waals surface area contributed by atoms with Gasteiger partial charge in [-0.2, -0.15) is 0 Å². The summed E-state index contributed by atoms with van der Waals surface area (Å²) in [5, 5.41) is 0. The molecule has 0 saturated heterocycles. The molecule has 19 heavy (non-hydrogen) atoms. The van der Waals surface area contributed by atoms with Gasteiger partial charge in [-0.1, -0.05) is 0 Å². The lowest BCUT2D eigenvalue weighted by atomic mass is 10.2. The Morgan fingerprint density at radius 2 is 1.32 bits per heavy atom. The Balaban J connectivity index is 1.94. The van der Waals surface area contributed by atoms with Crippen molar-refractivity contribution in [2.24, 2.45) is 0 Å². The fourth-order valence-electron chi connectivity index (χ4n) is 1.36. The minimum atomic E-state index is -0.526. The zero-order chi connectivity index (χ0) is 13.7. The molecule has 1 heterocycles. The SMILES string of the molecule is O=C(NNC(=O)c1ccc(F)cc1)c1ccncc1. The molecule has 0 radical (unpaired) electrons. The average molecular weight is 259 g/mol. The minimum Gasteiger partial charge on any atom is -0.267 e. The van der Waals surface area contributed by atoms with Crippen molar-refractivity contribution in [3.05, 3.63) is 65.7 Å². The fourth-order valence-corrected chi connectivity index (χ4v) is 1.36. The van der Waals surface area contributed by atoms with E-state index >= 15 is 0 Å². The highest BCUT2D eigenvalue weighted by atomic mass is 19.1. The van der Waals surface area contributed by atoms with Crippen LogP contribution in [0.1, 0.15) is 20.7 Å². The number of hydrogen-bond donors (Lipinski definition) is 2. The summed E-state index contributed by atoms with van der Waals surface area (Å²) in [4.78, 5) is 27.0. The molecule has 2 rings (SSSR count). The van der Waals surface area contributed by atoms with Crippen LogP contribution in [0.25, 0.3) is 0 Å². The number of amides is 2. The van der Waals surface area contributed by atoms with Gasteiger partial charge in [0.25, 0.3) is 11.8 Å². The number of carbonyl (C=O) groups is 2. The van der Waals surface area contributed by atoms with Gasteiger partial charge in [-0.15, -0.1) is 0 Å². The number of benzene rings is 1. The first-order valence-corrected chi connectivity index (χ1v) is 5.43. The highest BCUT2D eigenvalue weighted by Gasteiger charge is 2.08. The van der Waals surface area contributed by atoms with E-state index in [1.54, 1.807) is 0 Å². The maximum atomic E-state index is 12.7. The molecule has 0 aliphatic carbocycles. The van der Waals surface area contributed by atoms with Gasteiger partial charge in [0.05, 0.1) is 0 Å². The van der Waals surface area contributed by atoms with E-state index < -0.39 is 17.6 Å². The van der Waals surface area contributed by atoms with Crippen molar-refractivity contribution in [3.63, 3.8) is 0 Å². The standard InChI is InChI=1S/C13H10FN3O2/c14-11-3-1-9(2-4-11)12(18)16-17-13(19)10-5-7-15-8-6-10/h1-8H,(H,16,18)(H,17,19). The summed E-state index contributed by atoms with van der Waals surface area (Å²) in [6, 6.07) is 8.00. The number of aromatic nitrogens is 1. The molecule has 2 N–H and O–H groups in total. The van der Waals surface area contributed by atoms with Crippen molar-refractivity contribution in [2.75, 3.05) is 0 Å². The van der Waals surface area contributed by atoms with Crippen LogP contribution < -0.4 is 10.9 Å². The summed E-state index contributed by atoms with van der Waals surface area (Å²) < 4.78 is 12.7. The molecule has 0 unspecified atom stereocenters. The maximum Gasteiger partial charge on any atom is 0.269 e. The molecule has 2 aromatic rings. The minimum absolute atomic E-state index is 0.247. The second-order valence-corrected chi connectivity index (χ2v) is 3.65. The summed E-state index contributed by atoms with van der Waals surface area (Å²) in [6.45, 7) is 0. The third-order valence-electron chi connectivity index (χ3n) is 2.34. The van der Waals surface area contributed by atoms with Crippen molar-refractivity contribution in [1.29, 1.82) is 0 Å². The van der Waals surface area contributed by atoms with E-state index in [1.807, 2.05) is 0 Å². The molecule has 0 saturated carbocycles. The second-order valence-electron chi connectivity index (χ2n) is 3.65. The third-order valence-corrected chi connectivity index (χ3v) is 2.34. The van der Waals surface area contributed by atoms with Gasteiger partial charge in [-0.3, -0.25) is 25.4 Å². The van der Waals surface area contributed by atoms with Gasteiger partial charge >= 0.3 is 0 Å². The molecule has 96 valence electrons. The molecule has 0 fully saturated rings. The lowest BCUT2D eigenvalue weighted by Crippen LogP contribution is -2.41. The third kappa shape index (κ3) is 3.35. The van der Waals surface area contributed by atoms with Crippen LogP contribution in [0.3, 0.4) is 0 Å². The molecule has 5 nitrogen and oxygen atoms in total. The monoisotopic (exact) mass is 259 g/mol. The maximum absolute atomic E-state index is 12.7. The van der Waals surface area contributed by atoms with Crippen LogP contribution in [-0.4, -0.2) is 16.8 Å². The van der Waals surface area contributed by atoms with Crippen molar-refractivity contribution in [2.45, 2.75) is 0 Å². The Bertz CT molecular complexity index is 585. The highest BCUT2D eigenvalue weighted by molar-refractivity contribution is 5.98. The first kappa shape index (κ1) is 12.7. The number of nitrogens with zero attached hydrogens (tertiary/aromatic N) is 1. The van der Waals surface area contributed by atoms with Gasteiger partial charge in [-0.05, 0) is 36.4 Å². The summed E-state index contributed by atoms with van der Waals surface area (Å²) in [6.07, 6.45) is 2.94. The van der Waals surface area contributed by atoms with Crippen LogP contribution in [0.4, 0.5) is 4.39 Å². The molecule has 0 atom stereocenters. The molecule has 0 bridgehead atoms. The molecule has 0 spiro atoms. The van der Waals surface area contributed by atoms with Gasteiger partial charge in [-0.25, -0.2) is 4.39 Å². The second kappa shape index (κ2) is 5.72. The van der Waals surface area contributed by atoms with Crippen molar-refractivity contribution in [3.8, 4) is 0 Å². The normalized spacial score (nSPS) is 9.74. The van der Waals surface area contributed by atoms with Crippen LogP contribution in [0.15, 0.2) is 48.8 Å². The van der Waals surface area contributed by atoms with E-state index in [4.69, 9.17) is 0 Å². The number of pyridine rings is 1. The number of hydrogen-bond acceptors (Lipinski definition) is 3. The number of rotatable bonds is 2. The molecule has 6 heteroatoms. The lowest BCUT2D eigenvalue weighted by Gasteiger charge is -2.07. The topological polar surface area (TPSA) is 71.1 Å². The van der Waals surface area contributed by atoms with Crippen molar-refractivity contribution in [1.82, 2.24) is 15.8 Å². The van der Waals surface area contributed by atoms with Gasteiger partial charge in [0, 0.05) is 23.5 Å². The van der Waals surface area contributed by atoms with E-state index in [1.165, 1.54) is 48.8 Å². The number of nitrogens with one attached hydrogen (secondary N) is 2. The Kier molecular flexibility index (Phi) is 3.82. The van der Waals surface area contributed by atoms with E-state index in [0.29, 0.717) is 5.56 Å². The van der Waals surface area contributed by atoms with Gasteiger partial charge < -0.3 is 0 Å². The van der Waals surface area contributed by atoms with Crippen molar-refractivity contribution >= 4 is 11.8 Å². The Morgan fingerprint density at radius 1 is 0.842 bits per heavy atom. The van der Waals surface area contributed by atoms with Gasteiger partial charge in [0.2, 0.25) is 0 Å². The van der Waals surface area contributed by atoms with Crippen LogP contribution in [0.5, 0.6) is 0 Å². The van der Waals surface area contributed by atoms with Crippen LogP contribution in [0.2, 0.25) is 0 Å². The summed E-state index contributed by atoms with van der Waals surface area (Å²) in [5.74, 6) is -1.42. The predicted octanol–water partition coefficient (Wildman–Crippen LogP) is 1.30. The lowest BCUT2D eigenvalue weighted by molar-refractivity contribution is 0.0846. The van der Waals surface area contributed by atoms with Crippen LogP contribution in [0, 0.1) is 5.82 Å². The summed E-state index contributed by atoms with van der Waals surface area (Å²) in [7, 11) is 0. The summed E-state index contributed by atoms with van der Waals surface area (Å²) in [5.41, 5.74) is 5.10. The molecular formula is C13H10FN3O2. The summed E-state index contributed by atoms with van der Waals surface area (Å²) >= 11 is 0. The van der Waals surface area contributed by atoms with Crippen LogP contribution in [-0.2, 0) is 0 Å². The van der Waals surface area contributed by atoms with Gasteiger partial charge in [0.1, 0.15) is 5.82 Å². The number of hydrazine groups is 1.